The molecule has 2 aromatic carbocycles. The SMILES string of the molecule is c1ccc(C2=NCN3CC23c2ccccc2)cc1. The predicted molar refractivity (Wildman–Crippen MR) is 72.7 cm³/mol. The number of fused-ring (bicyclic) bond motifs is 1. The second-order valence-electron chi connectivity index (χ2n) is 4.94. The molecule has 18 heavy (non-hydrogen) atoms. The summed E-state index contributed by atoms with van der Waals surface area (Å²) in [4.78, 5) is 7.15. The van der Waals surface area contributed by atoms with Crippen molar-refractivity contribution in [3.8, 4) is 0 Å². The van der Waals surface area contributed by atoms with E-state index in [1.807, 2.05) is 0 Å². The van der Waals surface area contributed by atoms with Gasteiger partial charge in [-0.3, -0.25) is 9.89 Å². The van der Waals surface area contributed by atoms with Crippen molar-refractivity contribution >= 4 is 5.71 Å². The van der Waals surface area contributed by atoms with Gasteiger partial charge in [0.15, 0.2) is 0 Å². The first-order valence-electron chi connectivity index (χ1n) is 6.32. The van der Waals surface area contributed by atoms with Crippen molar-refractivity contribution in [2.24, 2.45) is 4.99 Å². The van der Waals surface area contributed by atoms with Crippen molar-refractivity contribution in [3.05, 3.63) is 71.8 Å². The van der Waals surface area contributed by atoms with E-state index in [2.05, 4.69) is 65.6 Å². The molecule has 0 amide bonds. The van der Waals surface area contributed by atoms with Crippen molar-refractivity contribution in [2.45, 2.75) is 5.54 Å². The van der Waals surface area contributed by atoms with Crippen LogP contribution in [0.1, 0.15) is 11.1 Å². The highest BCUT2D eigenvalue weighted by atomic mass is 15.4. The minimum atomic E-state index is 0.0581. The van der Waals surface area contributed by atoms with Crippen LogP contribution < -0.4 is 0 Å². The average molecular weight is 234 g/mol. The van der Waals surface area contributed by atoms with Gasteiger partial charge in [0.1, 0.15) is 5.54 Å². The van der Waals surface area contributed by atoms with Crippen LogP contribution >= 0.6 is 0 Å². The summed E-state index contributed by atoms with van der Waals surface area (Å²) in [5, 5.41) is 0. The predicted octanol–water partition coefficient (Wildman–Crippen LogP) is 2.66. The lowest BCUT2D eigenvalue weighted by Crippen LogP contribution is -2.23. The van der Waals surface area contributed by atoms with Crippen LogP contribution in [0, 0.1) is 0 Å². The Balaban J connectivity index is 1.82. The monoisotopic (exact) mass is 234 g/mol. The quantitative estimate of drug-likeness (QED) is 0.729. The maximum atomic E-state index is 4.73. The fourth-order valence-corrected chi connectivity index (χ4v) is 2.97. The Labute approximate surface area is 107 Å². The van der Waals surface area contributed by atoms with Gasteiger partial charge in [-0.1, -0.05) is 60.7 Å². The lowest BCUT2D eigenvalue weighted by Gasteiger charge is -2.15. The summed E-state index contributed by atoms with van der Waals surface area (Å²) in [7, 11) is 0. The van der Waals surface area contributed by atoms with Gasteiger partial charge in [0.25, 0.3) is 0 Å². The molecule has 2 aliphatic rings. The summed E-state index contributed by atoms with van der Waals surface area (Å²) in [5.74, 6) is 0. The van der Waals surface area contributed by atoms with Gasteiger partial charge in [-0.15, -0.1) is 0 Å². The van der Waals surface area contributed by atoms with E-state index in [9.17, 15) is 0 Å². The van der Waals surface area contributed by atoms with Crippen LogP contribution in [0.2, 0.25) is 0 Å². The number of benzene rings is 2. The highest BCUT2D eigenvalue weighted by Gasteiger charge is 2.60. The van der Waals surface area contributed by atoms with Gasteiger partial charge in [0, 0.05) is 6.54 Å². The Kier molecular flexibility index (Phi) is 1.97. The molecule has 2 nitrogen and oxygen atoms in total. The molecule has 2 atom stereocenters. The first kappa shape index (κ1) is 10.0. The normalized spacial score (nSPS) is 28.7. The van der Waals surface area contributed by atoms with Gasteiger partial charge in [0.2, 0.25) is 0 Å². The second-order valence-corrected chi connectivity index (χ2v) is 4.94. The lowest BCUT2D eigenvalue weighted by molar-refractivity contribution is 0.528. The minimum Gasteiger partial charge on any atom is -0.271 e. The number of rotatable bonds is 2. The summed E-state index contributed by atoms with van der Waals surface area (Å²) < 4.78 is 0. The minimum absolute atomic E-state index is 0.0581. The summed E-state index contributed by atoms with van der Waals surface area (Å²) in [6.07, 6.45) is 0. The van der Waals surface area contributed by atoms with Crippen LogP contribution in [-0.2, 0) is 5.54 Å². The van der Waals surface area contributed by atoms with E-state index in [0.717, 1.165) is 13.2 Å². The van der Waals surface area contributed by atoms with Gasteiger partial charge in [-0.05, 0) is 11.1 Å². The molecule has 2 aromatic rings. The molecule has 88 valence electrons. The standard InChI is InChI=1S/C16H14N2/c1-3-7-13(8-4-1)15-16(11-18(16)12-17-15)14-9-5-2-6-10-14/h1-10H,11-12H2. The molecular formula is C16H14N2. The van der Waals surface area contributed by atoms with Crippen LogP contribution in [0.4, 0.5) is 0 Å². The number of hydrogen-bond acceptors (Lipinski definition) is 2. The second kappa shape index (κ2) is 3.53. The Morgan fingerprint density at radius 1 is 0.889 bits per heavy atom. The zero-order valence-corrected chi connectivity index (χ0v) is 10.1. The average Bonchev–Trinajstić information content (AvgIpc) is 3.07. The van der Waals surface area contributed by atoms with E-state index in [0.29, 0.717) is 0 Å². The molecule has 0 saturated carbocycles. The van der Waals surface area contributed by atoms with Crippen molar-refractivity contribution in [2.75, 3.05) is 13.2 Å². The Morgan fingerprint density at radius 2 is 1.56 bits per heavy atom. The third-order valence-electron chi connectivity index (χ3n) is 3.95. The maximum Gasteiger partial charge on any atom is 0.104 e. The largest absolute Gasteiger partial charge is 0.271 e. The molecule has 2 heterocycles. The molecule has 0 aromatic heterocycles. The van der Waals surface area contributed by atoms with Crippen LogP contribution in [0.25, 0.3) is 0 Å². The third-order valence-corrected chi connectivity index (χ3v) is 3.95. The number of hydrogen-bond donors (Lipinski definition) is 0. The van der Waals surface area contributed by atoms with Crippen molar-refractivity contribution in [1.29, 1.82) is 0 Å². The van der Waals surface area contributed by atoms with Gasteiger partial charge < -0.3 is 0 Å². The van der Waals surface area contributed by atoms with E-state index >= 15 is 0 Å². The highest BCUT2D eigenvalue weighted by Crippen LogP contribution is 2.48. The first-order valence-corrected chi connectivity index (χ1v) is 6.32. The molecule has 0 spiro atoms. The highest BCUT2D eigenvalue weighted by molar-refractivity contribution is 6.11. The van der Waals surface area contributed by atoms with E-state index in [1.54, 1.807) is 0 Å². The molecule has 2 unspecified atom stereocenters. The van der Waals surface area contributed by atoms with Gasteiger partial charge in [0.05, 0.1) is 12.4 Å². The zero-order chi connectivity index (χ0) is 12.0. The molecule has 0 bridgehead atoms. The Bertz CT molecular complexity index is 604. The molecule has 1 saturated heterocycles. The molecule has 2 heteroatoms. The fourth-order valence-electron chi connectivity index (χ4n) is 2.97. The topological polar surface area (TPSA) is 15.4 Å². The van der Waals surface area contributed by atoms with E-state index in [-0.39, 0.29) is 5.54 Å². The van der Waals surface area contributed by atoms with E-state index in [4.69, 9.17) is 4.99 Å². The lowest BCUT2D eigenvalue weighted by atomic mass is 9.90. The van der Waals surface area contributed by atoms with Crippen LogP contribution in [0.5, 0.6) is 0 Å². The molecule has 1 fully saturated rings. The smallest absolute Gasteiger partial charge is 0.104 e. The summed E-state index contributed by atoms with van der Waals surface area (Å²) in [6.45, 7) is 1.93. The van der Waals surface area contributed by atoms with Crippen molar-refractivity contribution in [3.63, 3.8) is 0 Å². The summed E-state index contributed by atoms with van der Waals surface area (Å²) >= 11 is 0. The van der Waals surface area contributed by atoms with Gasteiger partial charge in [-0.25, -0.2) is 0 Å². The molecule has 4 rings (SSSR count). The third kappa shape index (κ3) is 1.24. The van der Waals surface area contributed by atoms with Crippen molar-refractivity contribution in [1.82, 2.24) is 4.90 Å². The summed E-state index contributed by atoms with van der Waals surface area (Å²) in [6, 6.07) is 21.3. The number of nitrogens with zero attached hydrogens (tertiary/aromatic N) is 2. The molecule has 0 N–H and O–H groups in total. The molecule has 0 aliphatic carbocycles. The number of aliphatic imine (C=N–C) groups is 1. The van der Waals surface area contributed by atoms with Crippen LogP contribution in [0.3, 0.4) is 0 Å². The van der Waals surface area contributed by atoms with Crippen molar-refractivity contribution < 1.29 is 0 Å². The first-order chi connectivity index (χ1) is 8.91. The maximum absolute atomic E-state index is 4.73. The Morgan fingerprint density at radius 3 is 2.22 bits per heavy atom. The fraction of sp³-hybridized carbons (Fsp3) is 0.188. The summed E-state index contributed by atoms with van der Waals surface area (Å²) in [5.41, 5.74) is 3.91. The van der Waals surface area contributed by atoms with Gasteiger partial charge in [-0.2, -0.15) is 0 Å². The van der Waals surface area contributed by atoms with Gasteiger partial charge >= 0.3 is 0 Å². The molecule has 0 radical (unpaired) electrons. The van der Waals surface area contributed by atoms with E-state index in [1.165, 1.54) is 16.8 Å². The molecule has 2 aliphatic heterocycles. The van der Waals surface area contributed by atoms with Crippen LogP contribution in [0.15, 0.2) is 65.7 Å². The zero-order valence-electron chi connectivity index (χ0n) is 10.1. The van der Waals surface area contributed by atoms with Crippen LogP contribution in [-0.4, -0.2) is 23.8 Å². The van der Waals surface area contributed by atoms with E-state index < -0.39 is 0 Å². The molecular weight excluding hydrogens is 220 g/mol. The Hall–Kier alpha value is -1.93.